The first-order valence-corrected chi connectivity index (χ1v) is 9.65. The van der Waals surface area contributed by atoms with E-state index in [9.17, 15) is 14.4 Å². The third kappa shape index (κ3) is 4.64. The molecule has 2 aliphatic rings. The van der Waals surface area contributed by atoms with Crippen molar-refractivity contribution < 1.29 is 23.9 Å². The standard InChI is InChI=1S/C21H28N2O5/c1-20(2,3)28-19(26)22-11-9-21(10-12-22)15-23(13-17(21)24)18(25)27-14-16-7-5-4-6-8-16/h4-8H,9-15H2,1-3H3. The zero-order valence-corrected chi connectivity index (χ0v) is 16.8. The molecule has 2 saturated heterocycles. The number of amides is 2. The van der Waals surface area contributed by atoms with Crippen molar-refractivity contribution in [3.63, 3.8) is 0 Å². The summed E-state index contributed by atoms with van der Waals surface area (Å²) in [5.41, 5.74) is -0.222. The van der Waals surface area contributed by atoms with Gasteiger partial charge in [-0.25, -0.2) is 9.59 Å². The van der Waals surface area contributed by atoms with Crippen LogP contribution in [0.15, 0.2) is 30.3 Å². The van der Waals surface area contributed by atoms with Crippen LogP contribution in [0.1, 0.15) is 39.2 Å². The van der Waals surface area contributed by atoms with E-state index >= 15 is 0 Å². The summed E-state index contributed by atoms with van der Waals surface area (Å²) in [5.74, 6) is 0.0491. The number of likely N-dealkylation sites (tertiary alicyclic amines) is 2. The van der Waals surface area contributed by atoms with Gasteiger partial charge in [0, 0.05) is 19.6 Å². The van der Waals surface area contributed by atoms with Crippen molar-refractivity contribution in [2.45, 2.75) is 45.8 Å². The first kappa shape index (κ1) is 20.2. The summed E-state index contributed by atoms with van der Waals surface area (Å²) in [6.45, 7) is 6.99. The van der Waals surface area contributed by atoms with Gasteiger partial charge in [-0.15, -0.1) is 0 Å². The van der Waals surface area contributed by atoms with E-state index in [1.54, 1.807) is 4.90 Å². The minimum Gasteiger partial charge on any atom is -0.445 e. The predicted molar refractivity (Wildman–Crippen MR) is 103 cm³/mol. The van der Waals surface area contributed by atoms with Crippen LogP contribution in [-0.4, -0.2) is 59.5 Å². The summed E-state index contributed by atoms with van der Waals surface area (Å²) in [6, 6.07) is 9.44. The van der Waals surface area contributed by atoms with Crippen LogP contribution in [0.5, 0.6) is 0 Å². The van der Waals surface area contributed by atoms with E-state index in [1.165, 1.54) is 4.90 Å². The van der Waals surface area contributed by atoms with Gasteiger partial charge < -0.3 is 14.4 Å². The molecule has 1 aromatic rings. The minimum atomic E-state index is -0.579. The normalized spacial score (nSPS) is 19.0. The molecule has 7 heteroatoms. The summed E-state index contributed by atoms with van der Waals surface area (Å²) in [4.78, 5) is 40.4. The fraction of sp³-hybridized carbons (Fsp3) is 0.571. The lowest BCUT2D eigenvalue weighted by molar-refractivity contribution is -0.126. The monoisotopic (exact) mass is 388 g/mol. The number of rotatable bonds is 2. The Bertz CT molecular complexity index is 733. The summed E-state index contributed by atoms with van der Waals surface area (Å²) >= 11 is 0. The lowest BCUT2D eigenvalue weighted by atomic mass is 9.77. The van der Waals surface area contributed by atoms with Gasteiger partial charge in [-0.2, -0.15) is 0 Å². The number of piperidine rings is 1. The molecule has 0 aromatic heterocycles. The van der Waals surface area contributed by atoms with Gasteiger partial charge in [-0.3, -0.25) is 9.69 Å². The first-order chi connectivity index (χ1) is 13.2. The number of hydrogen-bond acceptors (Lipinski definition) is 5. The summed E-state index contributed by atoms with van der Waals surface area (Å²) in [7, 11) is 0. The molecule has 1 spiro atoms. The lowest BCUT2D eigenvalue weighted by Crippen LogP contribution is -2.48. The Morgan fingerprint density at radius 3 is 2.29 bits per heavy atom. The topological polar surface area (TPSA) is 76.2 Å². The SMILES string of the molecule is CC(C)(C)OC(=O)N1CCC2(CC1)CN(C(=O)OCc1ccccc1)CC2=O. The number of carbonyl (C=O) groups is 3. The Kier molecular flexibility index (Phi) is 5.63. The molecule has 2 heterocycles. The molecule has 0 saturated carbocycles. The van der Waals surface area contributed by atoms with Crippen LogP contribution < -0.4 is 0 Å². The van der Waals surface area contributed by atoms with Crippen molar-refractivity contribution in [1.82, 2.24) is 9.80 Å². The highest BCUT2D eigenvalue weighted by atomic mass is 16.6. The van der Waals surface area contributed by atoms with Crippen molar-refractivity contribution in [2.24, 2.45) is 5.41 Å². The lowest BCUT2D eigenvalue weighted by Gasteiger charge is -2.38. The van der Waals surface area contributed by atoms with Gasteiger partial charge in [0.05, 0.1) is 12.0 Å². The predicted octanol–water partition coefficient (Wildman–Crippen LogP) is 3.23. The second-order valence-corrected chi connectivity index (χ2v) is 8.57. The molecule has 0 N–H and O–H groups in total. The molecule has 1 aromatic carbocycles. The van der Waals surface area contributed by atoms with Crippen LogP contribution in [0.2, 0.25) is 0 Å². The van der Waals surface area contributed by atoms with E-state index in [0.717, 1.165) is 5.56 Å². The molecule has 2 amide bonds. The van der Waals surface area contributed by atoms with E-state index in [4.69, 9.17) is 9.47 Å². The van der Waals surface area contributed by atoms with Crippen LogP contribution >= 0.6 is 0 Å². The van der Waals surface area contributed by atoms with E-state index in [2.05, 4.69) is 0 Å². The number of carbonyl (C=O) groups excluding carboxylic acids is 3. The molecular weight excluding hydrogens is 360 g/mol. The molecule has 3 rings (SSSR count). The molecule has 0 bridgehead atoms. The van der Waals surface area contributed by atoms with Crippen molar-refractivity contribution in [1.29, 1.82) is 0 Å². The molecule has 2 fully saturated rings. The number of ether oxygens (including phenoxy) is 2. The number of Topliss-reactive ketones (excluding diaryl/α,β-unsaturated/α-hetero) is 1. The maximum Gasteiger partial charge on any atom is 0.410 e. The molecule has 152 valence electrons. The van der Waals surface area contributed by atoms with Crippen LogP contribution in [0.4, 0.5) is 9.59 Å². The van der Waals surface area contributed by atoms with Crippen LogP contribution in [0.25, 0.3) is 0 Å². The number of ketones is 1. The molecule has 0 radical (unpaired) electrons. The van der Waals surface area contributed by atoms with Gasteiger partial charge in [0.1, 0.15) is 12.2 Å². The highest BCUT2D eigenvalue weighted by molar-refractivity contribution is 5.92. The van der Waals surface area contributed by atoms with Crippen molar-refractivity contribution in [3.8, 4) is 0 Å². The largest absolute Gasteiger partial charge is 0.445 e. The molecular formula is C21H28N2O5. The van der Waals surface area contributed by atoms with Gasteiger partial charge in [0.15, 0.2) is 5.78 Å². The molecule has 0 atom stereocenters. The Balaban J connectivity index is 1.53. The van der Waals surface area contributed by atoms with Gasteiger partial charge in [0.2, 0.25) is 0 Å². The molecule has 7 nitrogen and oxygen atoms in total. The smallest absolute Gasteiger partial charge is 0.410 e. The van der Waals surface area contributed by atoms with Crippen molar-refractivity contribution >= 4 is 18.0 Å². The van der Waals surface area contributed by atoms with E-state index < -0.39 is 17.1 Å². The van der Waals surface area contributed by atoms with Crippen LogP contribution in [0, 0.1) is 5.41 Å². The minimum absolute atomic E-state index is 0.0491. The molecule has 0 unspecified atom stereocenters. The van der Waals surface area contributed by atoms with Crippen molar-refractivity contribution in [2.75, 3.05) is 26.2 Å². The maximum atomic E-state index is 12.7. The zero-order valence-electron chi connectivity index (χ0n) is 16.8. The number of benzene rings is 1. The zero-order chi connectivity index (χ0) is 20.4. The molecule has 2 aliphatic heterocycles. The van der Waals surface area contributed by atoms with Gasteiger partial charge in [-0.1, -0.05) is 30.3 Å². The Morgan fingerprint density at radius 2 is 1.68 bits per heavy atom. The van der Waals surface area contributed by atoms with E-state index in [0.29, 0.717) is 32.5 Å². The molecule has 0 aliphatic carbocycles. The summed E-state index contributed by atoms with van der Waals surface area (Å²) in [6.07, 6.45) is 0.247. The van der Waals surface area contributed by atoms with Gasteiger partial charge in [-0.05, 0) is 39.2 Å². The van der Waals surface area contributed by atoms with Crippen LogP contribution in [0.3, 0.4) is 0 Å². The number of hydrogen-bond donors (Lipinski definition) is 0. The van der Waals surface area contributed by atoms with Crippen LogP contribution in [-0.2, 0) is 20.9 Å². The summed E-state index contributed by atoms with van der Waals surface area (Å²) < 4.78 is 10.8. The average molecular weight is 388 g/mol. The highest BCUT2D eigenvalue weighted by Gasteiger charge is 2.50. The highest BCUT2D eigenvalue weighted by Crippen LogP contribution is 2.38. The fourth-order valence-corrected chi connectivity index (χ4v) is 3.67. The van der Waals surface area contributed by atoms with Crippen molar-refractivity contribution in [3.05, 3.63) is 35.9 Å². The summed E-state index contributed by atoms with van der Waals surface area (Å²) in [5, 5.41) is 0. The third-order valence-corrected chi connectivity index (χ3v) is 5.26. The average Bonchev–Trinajstić information content (AvgIpc) is 2.96. The fourth-order valence-electron chi connectivity index (χ4n) is 3.67. The third-order valence-electron chi connectivity index (χ3n) is 5.26. The second-order valence-electron chi connectivity index (χ2n) is 8.57. The maximum absolute atomic E-state index is 12.7. The second kappa shape index (κ2) is 7.81. The van der Waals surface area contributed by atoms with E-state index in [-0.39, 0.29) is 25.0 Å². The number of nitrogens with zero attached hydrogens (tertiary/aromatic N) is 2. The first-order valence-electron chi connectivity index (χ1n) is 9.65. The Morgan fingerprint density at radius 1 is 1.04 bits per heavy atom. The van der Waals surface area contributed by atoms with E-state index in [1.807, 2.05) is 51.1 Å². The Labute approximate surface area is 165 Å². The quantitative estimate of drug-likeness (QED) is 0.777. The van der Waals surface area contributed by atoms with Gasteiger partial charge in [0.25, 0.3) is 0 Å². The Hall–Kier alpha value is -2.57. The molecule has 28 heavy (non-hydrogen) atoms. The van der Waals surface area contributed by atoms with Gasteiger partial charge >= 0.3 is 12.2 Å².